The zero-order chi connectivity index (χ0) is 24.8. The van der Waals surface area contributed by atoms with Crippen molar-refractivity contribution < 1.29 is 17.6 Å². The Morgan fingerprint density at radius 3 is 2.43 bits per heavy atom. The fraction of sp³-hybridized carbons (Fsp3) is 0.519. The molecule has 6 nitrogen and oxygen atoms in total. The highest BCUT2D eigenvalue weighted by Gasteiger charge is 2.34. The van der Waals surface area contributed by atoms with Crippen molar-refractivity contribution in [3.63, 3.8) is 0 Å². The molecule has 0 aromatic heterocycles. The molecule has 0 bridgehead atoms. The van der Waals surface area contributed by atoms with Crippen LogP contribution in [0.25, 0.3) is 0 Å². The number of aryl methyl sites for hydroxylation is 1. The van der Waals surface area contributed by atoms with Gasteiger partial charge in [-0.25, -0.2) is 12.8 Å². The summed E-state index contributed by atoms with van der Waals surface area (Å²) in [7, 11) is -3.50. The van der Waals surface area contributed by atoms with E-state index in [0.717, 1.165) is 31.4 Å². The van der Waals surface area contributed by atoms with Gasteiger partial charge in [0.15, 0.2) is 0 Å². The molecular formula is C27H36FN3O3S. The van der Waals surface area contributed by atoms with Crippen LogP contribution in [0.2, 0.25) is 0 Å². The number of halogens is 1. The molecular weight excluding hydrogens is 465 g/mol. The Labute approximate surface area is 208 Å². The van der Waals surface area contributed by atoms with E-state index in [-0.39, 0.29) is 18.3 Å². The summed E-state index contributed by atoms with van der Waals surface area (Å²) in [5, 5.41) is -0.409. The summed E-state index contributed by atoms with van der Waals surface area (Å²) in [6.07, 6.45) is 4.65. The summed E-state index contributed by atoms with van der Waals surface area (Å²) in [6, 6.07) is 15.2. The Morgan fingerprint density at radius 2 is 1.74 bits per heavy atom. The number of sulfonamides is 1. The number of carbonyl (C=O) groups excluding carboxylic acids is 1. The zero-order valence-corrected chi connectivity index (χ0v) is 21.4. The quantitative estimate of drug-likeness (QED) is 0.571. The third kappa shape index (κ3) is 6.41. The molecule has 2 aliphatic heterocycles. The Kier molecular flexibility index (Phi) is 8.44. The van der Waals surface area contributed by atoms with Gasteiger partial charge in [-0.3, -0.25) is 4.79 Å². The van der Waals surface area contributed by atoms with Crippen LogP contribution in [0.3, 0.4) is 0 Å². The van der Waals surface area contributed by atoms with Crippen molar-refractivity contribution in [1.29, 1.82) is 0 Å². The molecule has 2 aromatic rings. The van der Waals surface area contributed by atoms with Crippen molar-refractivity contribution in [3.05, 3.63) is 65.5 Å². The van der Waals surface area contributed by atoms with Crippen LogP contribution < -0.4 is 4.90 Å². The van der Waals surface area contributed by atoms with E-state index >= 15 is 4.39 Å². The van der Waals surface area contributed by atoms with Gasteiger partial charge in [0.1, 0.15) is 5.82 Å². The molecule has 1 amide bonds. The first-order chi connectivity index (χ1) is 16.8. The monoisotopic (exact) mass is 501 g/mol. The van der Waals surface area contributed by atoms with Crippen LogP contribution in [-0.4, -0.2) is 61.5 Å². The third-order valence-electron chi connectivity index (χ3n) is 7.27. The van der Waals surface area contributed by atoms with Crippen LogP contribution >= 0.6 is 0 Å². The molecule has 4 rings (SSSR count). The van der Waals surface area contributed by atoms with Gasteiger partial charge in [-0.05, 0) is 49.8 Å². The van der Waals surface area contributed by atoms with E-state index in [2.05, 4.69) is 17.0 Å². The topological polar surface area (TPSA) is 60.9 Å². The first-order valence-electron chi connectivity index (χ1n) is 12.7. The largest absolute Gasteiger partial charge is 0.368 e. The van der Waals surface area contributed by atoms with E-state index in [9.17, 15) is 13.2 Å². The summed E-state index contributed by atoms with van der Waals surface area (Å²) < 4.78 is 43.5. The van der Waals surface area contributed by atoms with Gasteiger partial charge in [0, 0.05) is 57.4 Å². The van der Waals surface area contributed by atoms with Crippen LogP contribution in [0.4, 0.5) is 10.1 Å². The van der Waals surface area contributed by atoms with E-state index < -0.39 is 15.3 Å². The number of nitrogens with zero attached hydrogens (tertiary/aromatic N) is 3. The van der Waals surface area contributed by atoms with Crippen LogP contribution in [0.1, 0.15) is 50.2 Å². The van der Waals surface area contributed by atoms with Crippen molar-refractivity contribution in [2.75, 3.05) is 37.6 Å². The highest BCUT2D eigenvalue weighted by atomic mass is 32.2. The predicted molar refractivity (Wildman–Crippen MR) is 137 cm³/mol. The number of amides is 1. The number of hydrogen-bond donors (Lipinski definition) is 0. The molecule has 1 atom stereocenters. The standard InChI is InChI=1S/C27H36FN3O3S/c1-22(32)29-16-18-30(19-17-29)25-14-13-24(27(28)20-25)21-31-15-6-5-11-26(35(31,33)34)12-7-10-23-8-3-2-4-9-23/h2-4,8-9,13-14,20,26H,5-7,10-12,15-19,21H2,1H3. The molecule has 190 valence electrons. The fourth-order valence-electron chi connectivity index (χ4n) is 5.12. The van der Waals surface area contributed by atoms with Gasteiger partial charge in [-0.1, -0.05) is 42.8 Å². The van der Waals surface area contributed by atoms with Crippen molar-refractivity contribution >= 4 is 21.6 Å². The van der Waals surface area contributed by atoms with Gasteiger partial charge in [-0.15, -0.1) is 0 Å². The number of hydrogen-bond acceptors (Lipinski definition) is 4. The molecule has 0 saturated carbocycles. The molecule has 1 unspecified atom stereocenters. The Bertz CT molecular complexity index is 1100. The average Bonchev–Trinajstić information content (AvgIpc) is 2.99. The number of piperazine rings is 1. The molecule has 0 radical (unpaired) electrons. The highest BCUT2D eigenvalue weighted by Crippen LogP contribution is 2.28. The first kappa shape index (κ1) is 25.6. The molecule has 35 heavy (non-hydrogen) atoms. The maximum Gasteiger partial charge on any atom is 0.219 e. The number of anilines is 1. The van der Waals surface area contributed by atoms with E-state index in [0.29, 0.717) is 51.1 Å². The maximum absolute atomic E-state index is 15.1. The van der Waals surface area contributed by atoms with Gasteiger partial charge in [0.2, 0.25) is 15.9 Å². The van der Waals surface area contributed by atoms with Crippen molar-refractivity contribution in [3.8, 4) is 0 Å². The van der Waals surface area contributed by atoms with Gasteiger partial charge in [-0.2, -0.15) is 4.31 Å². The van der Waals surface area contributed by atoms with Crippen LogP contribution in [0, 0.1) is 5.82 Å². The lowest BCUT2D eigenvalue weighted by Crippen LogP contribution is -2.48. The lowest BCUT2D eigenvalue weighted by atomic mass is 10.0. The second-order valence-corrected chi connectivity index (χ2v) is 11.9. The van der Waals surface area contributed by atoms with Crippen molar-refractivity contribution in [1.82, 2.24) is 9.21 Å². The summed E-state index contributed by atoms with van der Waals surface area (Å²) in [5.41, 5.74) is 2.40. The SMILES string of the molecule is CC(=O)N1CCN(c2ccc(CN3CCCCC(CCCc4ccccc4)S3(=O)=O)c(F)c2)CC1. The van der Waals surface area contributed by atoms with Crippen molar-refractivity contribution in [2.24, 2.45) is 0 Å². The lowest BCUT2D eigenvalue weighted by Gasteiger charge is -2.35. The maximum atomic E-state index is 15.1. The van der Waals surface area contributed by atoms with Crippen molar-refractivity contribution in [2.45, 2.75) is 57.2 Å². The van der Waals surface area contributed by atoms with Crippen LogP contribution in [0.15, 0.2) is 48.5 Å². The Hall–Kier alpha value is -2.45. The minimum Gasteiger partial charge on any atom is -0.368 e. The number of rotatable bonds is 7. The second kappa shape index (κ2) is 11.5. The second-order valence-electron chi connectivity index (χ2n) is 9.64. The summed E-state index contributed by atoms with van der Waals surface area (Å²) in [6.45, 7) is 4.63. The Balaban J connectivity index is 1.39. The molecule has 0 aliphatic carbocycles. The molecule has 2 saturated heterocycles. The molecule has 0 N–H and O–H groups in total. The van der Waals surface area contributed by atoms with Gasteiger partial charge in [0.25, 0.3) is 0 Å². The molecule has 2 heterocycles. The van der Waals surface area contributed by atoms with Gasteiger partial charge in [0.05, 0.1) is 5.25 Å². The number of carbonyl (C=O) groups is 1. The minimum absolute atomic E-state index is 0.0585. The normalized spacial score (nSPS) is 21.0. The van der Waals surface area contributed by atoms with Gasteiger partial charge < -0.3 is 9.80 Å². The van der Waals surface area contributed by atoms with Crippen LogP contribution in [0.5, 0.6) is 0 Å². The lowest BCUT2D eigenvalue weighted by molar-refractivity contribution is -0.129. The Morgan fingerprint density at radius 1 is 1.00 bits per heavy atom. The fourth-order valence-corrected chi connectivity index (χ4v) is 7.17. The molecule has 2 fully saturated rings. The molecule has 8 heteroatoms. The minimum atomic E-state index is -3.50. The third-order valence-corrected chi connectivity index (χ3v) is 9.62. The molecule has 2 aliphatic rings. The number of benzene rings is 2. The zero-order valence-electron chi connectivity index (χ0n) is 20.5. The van der Waals surface area contributed by atoms with Gasteiger partial charge >= 0.3 is 0 Å². The predicted octanol–water partition coefficient (Wildman–Crippen LogP) is 4.20. The van der Waals surface area contributed by atoms with E-state index in [4.69, 9.17) is 0 Å². The van der Waals surface area contributed by atoms with Crippen LogP contribution in [-0.2, 0) is 27.8 Å². The highest BCUT2D eigenvalue weighted by molar-refractivity contribution is 7.89. The van der Waals surface area contributed by atoms with E-state index in [1.165, 1.54) is 15.9 Å². The summed E-state index contributed by atoms with van der Waals surface area (Å²) in [5.74, 6) is -0.320. The van der Waals surface area contributed by atoms with E-state index in [1.54, 1.807) is 17.9 Å². The molecule has 0 spiro atoms. The first-order valence-corrected chi connectivity index (χ1v) is 14.2. The average molecular weight is 502 g/mol. The summed E-state index contributed by atoms with van der Waals surface area (Å²) >= 11 is 0. The smallest absolute Gasteiger partial charge is 0.219 e. The van der Waals surface area contributed by atoms with E-state index in [1.807, 2.05) is 24.3 Å². The molecule has 2 aromatic carbocycles. The summed E-state index contributed by atoms with van der Waals surface area (Å²) in [4.78, 5) is 15.4.